The SMILES string of the molecule is CC1(C)CN(CC2COCCO2)CCN1. The molecule has 4 heteroatoms. The molecule has 0 aromatic rings. The molecular formula is C11H22N2O2. The van der Waals surface area contributed by atoms with E-state index in [0.29, 0.717) is 0 Å². The smallest absolute Gasteiger partial charge is 0.0936 e. The Kier molecular flexibility index (Phi) is 3.61. The van der Waals surface area contributed by atoms with Gasteiger partial charge in [-0.1, -0.05) is 0 Å². The lowest BCUT2D eigenvalue weighted by Gasteiger charge is -2.40. The lowest BCUT2D eigenvalue weighted by molar-refractivity contribution is -0.100. The third-order valence-corrected chi connectivity index (χ3v) is 3.00. The Hall–Kier alpha value is -0.160. The summed E-state index contributed by atoms with van der Waals surface area (Å²) in [7, 11) is 0. The maximum absolute atomic E-state index is 5.66. The minimum Gasteiger partial charge on any atom is -0.376 e. The maximum Gasteiger partial charge on any atom is 0.0936 e. The fraction of sp³-hybridized carbons (Fsp3) is 1.00. The molecule has 0 aromatic heterocycles. The predicted octanol–water partition coefficient (Wildman–Crippen LogP) is 0.0856. The van der Waals surface area contributed by atoms with Crippen LogP contribution in [0.1, 0.15) is 13.8 Å². The summed E-state index contributed by atoms with van der Waals surface area (Å²) in [4.78, 5) is 2.47. The molecule has 2 rings (SSSR count). The van der Waals surface area contributed by atoms with Crippen molar-refractivity contribution in [3.8, 4) is 0 Å². The number of hydrogen-bond acceptors (Lipinski definition) is 4. The Balaban J connectivity index is 1.78. The average Bonchev–Trinajstić information content (AvgIpc) is 2.17. The first kappa shape index (κ1) is 11.3. The molecule has 88 valence electrons. The van der Waals surface area contributed by atoms with Gasteiger partial charge in [-0.05, 0) is 13.8 Å². The highest BCUT2D eigenvalue weighted by molar-refractivity contribution is 4.87. The minimum atomic E-state index is 0.230. The highest BCUT2D eigenvalue weighted by Crippen LogP contribution is 2.12. The average molecular weight is 214 g/mol. The molecule has 0 radical (unpaired) electrons. The van der Waals surface area contributed by atoms with Crippen molar-refractivity contribution in [2.24, 2.45) is 0 Å². The van der Waals surface area contributed by atoms with Crippen LogP contribution in [0.3, 0.4) is 0 Å². The number of nitrogens with one attached hydrogen (secondary N) is 1. The van der Waals surface area contributed by atoms with Crippen molar-refractivity contribution in [1.29, 1.82) is 0 Å². The number of rotatable bonds is 2. The molecule has 1 atom stereocenters. The van der Waals surface area contributed by atoms with Crippen molar-refractivity contribution in [2.45, 2.75) is 25.5 Å². The third kappa shape index (κ3) is 3.41. The van der Waals surface area contributed by atoms with E-state index in [9.17, 15) is 0 Å². The molecule has 2 saturated heterocycles. The first-order chi connectivity index (χ1) is 7.16. The Morgan fingerprint density at radius 1 is 1.40 bits per heavy atom. The van der Waals surface area contributed by atoms with E-state index in [4.69, 9.17) is 9.47 Å². The molecular weight excluding hydrogens is 192 g/mol. The Morgan fingerprint density at radius 3 is 2.93 bits per heavy atom. The summed E-state index contributed by atoms with van der Waals surface area (Å²) >= 11 is 0. The first-order valence-electron chi connectivity index (χ1n) is 5.82. The summed E-state index contributed by atoms with van der Waals surface area (Å²) in [5.41, 5.74) is 0.230. The van der Waals surface area contributed by atoms with Crippen molar-refractivity contribution >= 4 is 0 Å². The van der Waals surface area contributed by atoms with Crippen LogP contribution in [0.5, 0.6) is 0 Å². The second kappa shape index (κ2) is 4.78. The van der Waals surface area contributed by atoms with E-state index in [1.54, 1.807) is 0 Å². The van der Waals surface area contributed by atoms with E-state index >= 15 is 0 Å². The standard InChI is InChI=1S/C11H22N2O2/c1-11(2)9-13(4-3-12-11)7-10-8-14-5-6-15-10/h10,12H,3-9H2,1-2H3. The van der Waals surface area contributed by atoms with Crippen LogP contribution in [0.15, 0.2) is 0 Å². The molecule has 1 N–H and O–H groups in total. The third-order valence-electron chi connectivity index (χ3n) is 3.00. The van der Waals surface area contributed by atoms with E-state index in [-0.39, 0.29) is 11.6 Å². The van der Waals surface area contributed by atoms with Gasteiger partial charge in [0, 0.05) is 31.7 Å². The summed E-state index contributed by atoms with van der Waals surface area (Å²) in [6.45, 7) is 11.0. The van der Waals surface area contributed by atoms with Crippen molar-refractivity contribution in [1.82, 2.24) is 10.2 Å². The summed E-state index contributed by atoms with van der Waals surface area (Å²) < 4.78 is 11.1. The van der Waals surface area contributed by atoms with Crippen molar-refractivity contribution < 1.29 is 9.47 Å². The normalized spacial score (nSPS) is 32.8. The summed E-state index contributed by atoms with van der Waals surface area (Å²) in [6.07, 6.45) is 0.271. The lowest BCUT2D eigenvalue weighted by Crippen LogP contribution is -2.58. The molecule has 2 aliphatic heterocycles. The quantitative estimate of drug-likeness (QED) is 0.706. The zero-order chi connectivity index (χ0) is 10.7. The zero-order valence-corrected chi connectivity index (χ0v) is 9.79. The fourth-order valence-electron chi connectivity index (χ4n) is 2.33. The highest BCUT2D eigenvalue weighted by Gasteiger charge is 2.27. The fourth-order valence-corrected chi connectivity index (χ4v) is 2.33. The van der Waals surface area contributed by atoms with E-state index in [2.05, 4.69) is 24.1 Å². The van der Waals surface area contributed by atoms with E-state index < -0.39 is 0 Å². The maximum atomic E-state index is 5.66. The first-order valence-corrected chi connectivity index (χ1v) is 5.82. The molecule has 0 saturated carbocycles. The van der Waals surface area contributed by atoms with Crippen LogP contribution in [0.2, 0.25) is 0 Å². The molecule has 0 spiro atoms. The van der Waals surface area contributed by atoms with Crippen LogP contribution in [0.25, 0.3) is 0 Å². The van der Waals surface area contributed by atoms with Crippen molar-refractivity contribution in [3.63, 3.8) is 0 Å². The Labute approximate surface area is 91.9 Å². The number of ether oxygens (including phenoxy) is 2. The molecule has 2 aliphatic rings. The molecule has 2 heterocycles. The van der Waals surface area contributed by atoms with E-state index in [1.807, 2.05) is 0 Å². The second-order valence-electron chi connectivity index (χ2n) is 5.11. The van der Waals surface area contributed by atoms with Gasteiger partial charge in [-0.2, -0.15) is 0 Å². The number of nitrogens with zero attached hydrogens (tertiary/aromatic N) is 1. The molecule has 0 aliphatic carbocycles. The molecule has 0 amide bonds. The van der Waals surface area contributed by atoms with Gasteiger partial charge in [0.1, 0.15) is 0 Å². The van der Waals surface area contributed by atoms with Crippen LogP contribution < -0.4 is 5.32 Å². The number of hydrogen-bond donors (Lipinski definition) is 1. The topological polar surface area (TPSA) is 33.7 Å². The molecule has 0 bridgehead atoms. The highest BCUT2D eigenvalue weighted by atomic mass is 16.6. The van der Waals surface area contributed by atoms with Gasteiger partial charge >= 0.3 is 0 Å². The second-order valence-corrected chi connectivity index (χ2v) is 5.11. The molecule has 4 nitrogen and oxygen atoms in total. The van der Waals surface area contributed by atoms with Crippen LogP contribution in [-0.2, 0) is 9.47 Å². The largest absolute Gasteiger partial charge is 0.376 e. The molecule has 1 unspecified atom stereocenters. The van der Waals surface area contributed by atoms with Gasteiger partial charge in [0.05, 0.1) is 25.9 Å². The van der Waals surface area contributed by atoms with Gasteiger partial charge in [0.2, 0.25) is 0 Å². The van der Waals surface area contributed by atoms with Crippen molar-refractivity contribution in [3.05, 3.63) is 0 Å². The minimum absolute atomic E-state index is 0.230. The van der Waals surface area contributed by atoms with Gasteiger partial charge in [-0.25, -0.2) is 0 Å². The number of piperazine rings is 1. The summed E-state index contributed by atoms with van der Waals surface area (Å²) in [6, 6.07) is 0. The summed E-state index contributed by atoms with van der Waals surface area (Å²) in [5, 5.41) is 3.51. The van der Waals surface area contributed by atoms with E-state index in [0.717, 1.165) is 46.0 Å². The Morgan fingerprint density at radius 2 is 2.27 bits per heavy atom. The van der Waals surface area contributed by atoms with Gasteiger partial charge in [0.25, 0.3) is 0 Å². The lowest BCUT2D eigenvalue weighted by atomic mass is 10.0. The molecule has 0 aromatic carbocycles. The van der Waals surface area contributed by atoms with Gasteiger partial charge in [0.15, 0.2) is 0 Å². The summed E-state index contributed by atoms with van der Waals surface area (Å²) in [5.74, 6) is 0. The predicted molar refractivity (Wildman–Crippen MR) is 59.1 cm³/mol. The van der Waals surface area contributed by atoms with Crippen LogP contribution in [0, 0.1) is 0 Å². The monoisotopic (exact) mass is 214 g/mol. The van der Waals surface area contributed by atoms with Gasteiger partial charge in [-0.3, -0.25) is 4.90 Å². The zero-order valence-electron chi connectivity index (χ0n) is 9.79. The van der Waals surface area contributed by atoms with Crippen LogP contribution >= 0.6 is 0 Å². The molecule has 15 heavy (non-hydrogen) atoms. The molecule has 2 fully saturated rings. The van der Waals surface area contributed by atoms with Crippen molar-refractivity contribution in [2.75, 3.05) is 46.0 Å². The Bertz CT molecular complexity index is 203. The van der Waals surface area contributed by atoms with E-state index in [1.165, 1.54) is 0 Å². The van der Waals surface area contributed by atoms with Gasteiger partial charge in [-0.15, -0.1) is 0 Å². The van der Waals surface area contributed by atoms with Gasteiger partial charge < -0.3 is 14.8 Å². The van der Waals surface area contributed by atoms with Crippen LogP contribution in [0.4, 0.5) is 0 Å². The van der Waals surface area contributed by atoms with Crippen LogP contribution in [-0.4, -0.2) is 62.5 Å².